The SMILES string of the molecule is O=C(c1ccco1)[C@@H]1[C@@H]2C(=O)N(c3ccc([N+](=O)[O-])cc3)C(=O)[C@H]2[C@H]2C=Cc3ccccc3N21. The molecule has 4 atom stereocenters. The van der Waals surface area contributed by atoms with Crippen LogP contribution < -0.4 is 9.80 Å². The number of para-hydroxylation sites is 1. The van der Waals surface area contributed by atoms with E-state index in [4.69, 9.17) is 4.42 Å². The quantitative estimate of drug-likeness (QED) is 0.256. The predicted molar refractivity (Wildman–Crippen MR) is 121 cm³/mol. The highest BCUT2D eigenvalue weighted by molar-refractivity contribution is 6.25. The highest BCUT2D eigenvalue weighted by Crippen LogP contribution is 2.49. The van der Waals surface area contributed by atoms with E-state index in [0.717, 1.165) is 16.2 Å². The maximum atomic E-state index is 13.7. The van der Waals surface area contributed by atoms with Crippen molar-refractivity contribution >= 4 is 40.7 Å². The number of nitrogens with zero attached hydrogens (tertiary/aromatic N) is 3. The molecule has 9 nitrogen and oxygen atoms in total. The minimum Gasteiger partial charge on any atom is -0.461 e. The summed E-state index contributed by atoms with van der Waals surface area (Å²) in [5, 5.41) is 11.0. The lowest BCUT2D eigenvalue weighted by Gasteiger charge is -2.36. The third kappa shape index (κ3) is 2.70. The van der Waals surface area contributed by atoms with E-state index in [9.17, 15) is 24.5 Å². The second-order valence-electron chi connectivity index (χ2n) is 8.44. The fourth-order valence-electron chi connectivity index (χ4n) is 5.36. The molecule has 0 radical (unpaired) electrons. The summed E-state index contributed by atoms with van der Waals surface area (Å²) in [4.78, 5) is 54.3. The smallest absolute Gasteiger partial charge is 0.269 e. The Morgan fingerprint density at radius 1 is 0.941 bits per heavy atom. The van der Waals surface area contributed by atoms with Crippen molar-refractivity contribution < 1.29 is 23.7 Å². The minimum absolute atomic E-state index is 0.116. The fourth-order valence-corrected chi connectivity index (χ4v) is 5.36. The van der Waals surface area contributed by atoms with E-state index in [1.165, 1.54) is 30.5 Å². The number of non-ortho nitro benzene ring substituents is 1. The molecule has 2 fully saturated rings. The van der Waals surface area contributed by atoms with Crippen molar-refractivity contribution in [2.75, 3.05) is 9.80 Å². The fraction of sp³-hybridized carbons (Fsp3) is 0.160. The first-order valence-corrected chi connectivity index (χ1v) is 10.7. The lowest BCUT2D eigenvalue weighted by Crippen LogP contribution is -2.48. The number of carbonyl (C=O) groups is 3. The molecule has 0 aliphatic carbocycles. The van der Waals surface area contributed by atoms with Crippen LogP contribution in [-0.4, -0.2) is 34.6 Å². The highest BCUT2D eigenvalue weighted by atomic mass is 16.6. The molecule has 2 amide bonds. The zero-order valence-corrected chi connectivity index (χ0v) is 17.6. The van der Waals surface area contributed by atoms with Crippen LogP contribution in [0.4, 0.5) is 17.1 Å². The lowest BCUT2D eigenvalue weighted by atomic mass is 9.87. The van der Waals surface area contributed by atoms with Gasteiger partial charge < -0.3 is 9.32 Å². The number of carbonyl (C=O) groups excluding carboxylic acids is 3. The van der Waals surface area contributed by atoms with E-state index < -0.39 is 40.7 Å². The number of ketones is 1. The van der Waals surface area contributed by atoms with Crippen molar-refractivity contribution in [1.29, 1.82) is 0 Å². The topological polar surface area (TPSA) is 114 Å². The van der Waals surface area contributed by atoms with Gasteiger partial charge in [-0.1, -0.05) is 30.4 Å². The van der Waals surface area contributed by atoms with E-state index in [-0.39, 0.29) is 22.9 Å². The molecule has 4 heterocycles. The molecule has 34 heavy (non-hydrogen) atoms. The molecule has 3 aromatic rings. The molecular formula is C25H17N3O6. The highest BCUT2D eigenvalue weighted by Gasteiger charge is 2.64. The number of anilines is 2. The zero-order valence-electron chi connectivity index (χ0n) is 17.6. The van der Waals surface area contributed by atoms with Gasteiger partial charge in [0, 0.05) is 17.8 Å². The van der Waals surface area contributed by atoms with Crippen molar-refractivity contribution in [3.63, 3.8) is 0 Å². The minimum atomic E-state index is -0.938. The Kier molecular flexibility index (Phi) is 4.28. The van der Waals surface area contributed by atoms with Gasteiger partial charge in [0.25, 0.3) is 5.69 Å². The van der Waals surface area contributed by atoms with Crippen LogP contribution >= 0.6 is 0 Å². The van der Waals surface area contributed by atoms with Gasteiger partial charge in [0.2, 0.25) is 17.6 Å². The summed E-state index contributed by atoms with van der Waals surface area (Å²) in [5.74, 6) is -2.91. The summed E-state index contributed by atoms with van der Waals surface area (Å²) < 4.78 is 5.37. The summed E-state index contributed by atoms with van der Waals surface area (Å²) in [7, 11) is 0. The Bertz CT molecular complexity index is 1380. The maximum absolute atomic E-state index is 13.7. The molecule has 2 aromatic carbocycles. The van der Waals surface area contributed by atoms with E-state index in [1.807, 2.05) is 41.3 Å². The van der Waals surface area contributed by atoms with Gasteiger partial charge >= 0.3 is 0 Å². The molecule has 1 aromatic heterocycles. The molecule has 0 bridgehead atoms. The Morgan fingerprint density at radius 2 is 1.68 bits per heavy atom. The normalized spacial score (nSPS) is 24.7. The van der Waals surface area contributed by atoms with Crippen LogP contribution in [0.2, 0.25) is 0 Å². The standard InChI is InChI=1S/C25H17N3O6/c29-23(19-6-3-13-34-19)22-21-20(18-12-7-14-4-1-2-5-17(14)27(18)22)24(30)26(25(21)31)15-8-10-16(11-9-15)28(32)33/h1-13,18,20-22H/t18-,20+,21-,22+/m1/s1. The number of benzene rings is 2. The van der Waals surface area contributed by atoms with Crippen LogP contribution in [0, 0.1) is 22.0 Å². The van der Waals surface area contributed by atoms with Crippen LogP contribution in [0.3, 0.4) is 0 Å². The Morgan fingerprint density at radius 3 is 2.38 bits per heavy atom. The van der Waals surface area contributed by atoms with Gasteiger partial charge in [-0.2, -0.15) is 0 Å². The predicted octanol–water partition coefficient (Wildman–Crippen LogP) is 3.46. The molecule has 0 unspecified atom stereocenters. The average Bonchev–Trinajstić information content (AvgIpc) is 3.55. The summed E-state index contributed by atoms with van der Waals surface area (Å²) in [6.45, 7) is 0. The summed E-state index contributed by atoms with van der Waals surface area (Å²) in [6, 6.07) is 14.5. The van der Waals surface area contributed by atoms with Crippen molar-refractivity contribution in [1.82, 2.24) is 0 Å². The summed E-state index contributed by atoms with van der Waals surface area (Å²) in [5.41, 5.74) is 1.76. The lowest BCUT2D eigenvalue weighted by molar-refractivity contribution is -0.384. The van der Waals surface area contributed by atoms with Crippen molar-refractivity contribution in [2.45, 2.75) is 12.1 Å². The number of furan rings is 1. The van der Waals surface area contributed by atoms with Crippen LogP contribution in [-0.2, 0) is 9.59 Å². The van der Waals surface area contributed by atoms with Crippen molar-refractivity contribution in [2.24, 2.45) is 11.8 Å². The van der Waals surface area contributed by atoms with Crippen LogP contribution in [0.25, 0.3) is 6.08 Å². The van der Waals surface area contributed by atoms with Gasteiger partial charge in [0.1, 0.15) is 6.04 Å². The van der Waals surface area contributed by atoms with Gasteiger partial charge in [-0.05, 0) is 35.9 Å². The molecule has 0 saturated carbocycles. The monoisotopic (exact) mass is 455 g/mol. The molecule has 168 valence electrons. The second-order valence-corrected chi connectivity index (χ2v) is 8.44. The van der Waals surface area contributed by atoms with Crippen molar-refractivity contribution in [3.8, 4) is 0 Å². The molecule has 3 aliphatic rings. The van der Waals surface area contributed by atoms with E-state index in [2.05, 4.69) is 0 Å². The maximum Gasteiger partial charge on any atom is 0.269 e. The zero-order chi connectivity index (χ0) is 23.6. The van der Waals surface area contributed by atoms with Gasteiger partial charge in [-0.3, -0.25) is 24.5 Å². The van der Waals surface area contributed by atoms with E-state index in [0.29, 0.717) is 0 Å². The number of Topliss-reactive ketones (excluding diaryl/α,β-unsaturated/α-hetero) is 1. The van der Waals surface area contributed by atoms with E-state index in [1.54, 1.807) is 12.1 Å². The number of fused-ring (bicyclic) bond motifs is 5. The number of amides is 2. The van der Waals surface area contributed by atoms with Gasteiger partial charge in [-0.15, -0.1) is 0 Å². The average molecular weight is 455 g/mol. The number of rotatable bonds is 4. The van der Waals surface area contributed by atoms with E-state index >= 15 is 0 Å². The number of hydrogen-bond acceptors (Lipinski definition) is 7. The Labute approximate surface area is 193 Å². The molecule has 0 N–H and O–H groups in total. The van der Waals surface area contributed by atoms with Crippen LogP contribution in [0.15, 0.2) is 77.4 Å². The van der Waals surface area contributed by atoms with Crippen molar-refractivity contribution in [3.05, 3.63) is 94.4 Å². The van der Waals surface area contributed by atoms with Gasteiger partial charge in [-0.25, -0.2) is 4.90 Å². The number of hydrogen-bond donors (Lipinski definition) is 0. The molecule has 6 rings (SSSR count). The number of imide groups is 1. The molecule has 0 spiro atoms. The number of nitro benzene ring substituents is 1. The Hall–Kier alpha value is -4.53. The van der Waals surface area contributed by atoms with Crippen LogP contribution in [0.5, 0.6) is 0 Å². The molecular weight excluding hydrogens is 438 g/mol. The second kappa shape index (κ2) is 7.24. The summed E-state index contributed by atoms with van der Waals surface area (Å²) >= 11 is 0. The molecule has 9 heteroatoms. The molecule has 2 saturated heterocycles. The van der Waals surface area contributed by atoms with Crippen LogP contribution in [0.1, 0.15) is 16.1 Å². The first-order valence-electron chi connectivity index (χ1n) is 10.7. The first kappa shape index (κ1) is 20.1. The third-order valence-electron chi connectivity index (χ3n) is 6.77. The largest absolute Gasteiger partial charge is 0.461 e. The first-order chi connectivity index (χ1) is 16.5. The van der Waals surface area contributed by atoms with Gasteiger partial charge in [0.05, 0.1) is 34.8 Å². The number of nitro groups is 1. The summed E-state index contributed by atoms with van der Waals surface area (Å²) in [6.07, 6.45) is 5.16. The third-order valence-corrected chi connectivity index (χ3v) is 6.77. The molecule has 3 aliphatic heterocycles. The Balaban J connectivity index is 1.46. The van der Waals surface area contributed by atoms with Gasteiger partial charge in [0.15, 0.2) is 5.76 Å².